The Morgan fingerprint density at radius 1 is 1.27 bits per heavy atom. The van der Waals surface area contributed by atoms with Gasteiger partial charge in [0.2, 0.25) is 10.0 Å². The molecular weight excluding hydrogens is 473 g/mol. The molecule has 2 aliphatic heterocycles. The second kappa shape index (κ2) is 10.2. The SMILES string of the molecule is CN1CCN(S(=O)(=O)c2ccc(C(=NO[C@@H]3CCOC3)C(=O)Nc3ncc(F)s3)cc2)CC1. The molecule has 0 unspecified atom stereocenters. The molecule has 3 heterocycles. The van der Waals surface area contributed by atoms with Crippen LogP contribution in [0.25, 0.3) is 0 Å². The number of sulfonamides is 1. The molecule has 2 saturated heterocycles. The normalized spacial score (nSPS) is 20.7. The van der Waals surface area contributed by atoms with Crippen molar-refractivity contribution >= 4 is 38.1 Å². The number of rotatable bonds is 7. The molecule has 1 amide bonds. The van der Waals surface area contributed by atoms with E-state index in [9.17, 15) is 17.6 Å². The van der Waals surface area contributed by atoms with E-state index < -0.39 is 21.1 Å². The summed E-state index contributed by atoms with van der Waals surface area (Å²) in [6, 6.07) is 5.87. The van der Waals surface area contributed by atoms with Crippen LogP contribution in [0, 0.1) is 5.13 Å². The van der Waals surface area contributed by atoms with Crippen LogP contribution in [0.1, 0.15) is 12.0 Å². The Morgan fingerprint density at radius 3 is 2.61 bits per heavy atom. The van der Waals surface area contributed by atoms with E-state index >= 15 is 0 Å². The van der Waals surface area contributed by atoms with E-state index in [1.807, 2.05) is 7.05 Å². The minimum Gasteiger partial charge on any atom is -0.389 e. The van der Waals surface area contributed by atoms with Gasteiger partial charge >= 0.3 is 0 Å². The molecule has 0 spiro atoms. The predicted octanol–water partition coefficient (Wildman–Crippen LogP) is 1.37. The first kappa shape index (κ1) is 23.7. The second-order valence-electron chi connectivity index (χ2n) is 7.69. The van der Waals surface area contributed by atoms with E-state index in [4.69, 9.17) is 9.57 Å². The first-order chi connectivity index (χ1) is 15.8. The highest BCUT2D eigenvalue weighted by molar-refractivity contribution is 7.89. The number of piperazine rings is 1. The summed E-state index contributed by atoms with van der Waals surface area (Å²) in [5, 5.41) is 6.04. The number of benzene rings is 1. The van der Waals surface area contributed by atoms with Crippen LogP contribution in [0.15, 0.2) is 40.5 Å². The summed E-state index contributed by atoms with van der Waals surface area (Å²) in [4.78, 5) is 24.3. The molecule has 1 aromatic carbocycles. The summed E-state index contributed by atoms with van der Waals surface area (Å²) in [7, 11) is -1.70. The fourth-order valence-electron chi connectivity index (χ4n) is 3.38. The fourth-order valence-corrected chi connectivity index (χ4v) is 5.34. The van der Waals surface area contributed by atoms with E-state index in [0.29, 0.717) is 62.7 Å². The maximum atomic E-state index is 13.3. The topological polar surface area (TPSA) is 113 Å². The second-order valence-corrected chi connectivity index (χ2v) is 10.6. The number of thiazole rings is 1. The Morgan fingerprint density at radius 2 is 2.00 bits per heavy atom. The molecule has 13 heteroatoms. The van der Waals surface area contributed by atoms with Crippen molar-refractivity contribution in [3.05, 3.63) is 41.2 Å². The van der Waals surface area contributed by atoms with Gasteiger partial charge in [-0.05, 0) is 19.2 Å². The number of likely N-dealkylation sites (N-methyl/N-ethyl adjacent to an activating group) is 1. The fraction of sp³-hybridized carbons (Fsp3) is 0.450. The number of hydrogen-bond donors (Lipinski definition) is 1. The Balaban J connectivity index is 1.55. The van der Waals surface area contributed by atoms with Gasteiger partial charge in [-0.1, -0.05) is 28.6 Å². The summed E-state index contributed by atoms with van der Waals surface area (Å²) in [6.07, 6.45) is 1.35. The van der Waals surface area contributed by atoms with Crippen LogP contribution in [-0.4, -0.2) is 86.8 Å². The monoisotopic (exact) mass is 497 g/mol. The molecule has 178 valence electrons. The maximum absolute atomic E-state index is 13.3. The number of nitrogens with one attached hydrogen (secondary N) is 1. The van der Waals surface area contributed by atoms with Gasteiger partial charge in [0.25, 0.3) is 5.91 Å². The third kappa shape index (κ3) is 5.73. The van der Waals surface area contributed by atoms with Crippen LogP contribution in [0.4, 0.5) is 9.52 Å². The minimum absolute atomic E-state index is 0.0728. The van der Waals surface area contributed by atoms with Crippen molar-refractivity contribution in [2.45, 2.75) is 17.4 Å². The molecule has 33 heavy (non-hydrogen) atoms. The predicted molar refractivity (Wildman–Crippen MR) is 120 cm³/mol. The number of aromatic nitrogens is 1. The third-order valence-corrected chi connectivity index (χ3v) is 7.94. The quantitative estimate of drug-likeness (QED) is 0.454. The van der Waals surface area contributed by atoms with Gasteiger partial charge in [-0.25, -0.2) is 13.4 Å². The van der Waals surface area contributed by atoms with Crippen molar-refractivity contribution in [1.82, 2.24) is 14.2 Å². The molecule has 4 rings (SSSR count). The number of carbonyl (C=O) groups excluding carboxylic acids is 1. The molecule has 0 bridgehead atoms. The third-order valence-electron chi connectivity index (χ3n) is 5.32. The van der Waals surface area contributed by atoms with Gasteiger partial charge in [0, 0.05) is 38.2 Å². The lowest BCUT2D eigenvalue weighted by molar-refractivity contribution is -0.110. The minimum atomic E-state index is -3.65. The molecular formula is C20H24FN5O5S2. The lowest BCUT2D eigenvalue weighted by atomic mass is 10.1. The van der Waals surface area contributed by atoms with Gasteiger partial charge in [0.05, 0.1) is 24.3 Å². The van der Waals surface area contributed by atoms with E-state index in [0.717, 1.165) is 6.20 Å². The smallest absolute Gasteiger partial charge is 0.280 e. The molecule has 0 saturated carbocycles. The van der Waals surface area contributed by atoms with Crippen molar-refractivity contribution in [3.63, 3.8) is 0 Å². The Kier molecular flexibility index (Phi) is 7.34. The number of carbonyl (C=O) groups is 1. The molecule has 0 radical (unpaired) electrons. The summed E-state index contributed by atoms with van der Waals surface area (Å²) in [6.45, 7) is 3.05. The largest absolute Gasteiger partial charge is 0.389 e. The zero-order valence-electron chi connectivity index (χ0n) is 17.9. The van der Waals surface area contributed by atoms with Crippen molar-refractivity contribution in [1.29, 1.82) is 0 Å². The lowest BCUT2D eigenvalue weighted by Crippen LogP contribution is -2.47. The van der Waals surface area contributed by atoms with Gasteiger partial charge in [0.15, 0.2) is 22.1 Å². The highest BCUT2D eigenvalue weighted by atomic mass is 32.2. The average molecular weight is 498 g/mol. The van der Waals surface area contributed by atoms with E-state index in [-0.39, 0.29) is 21.8 Å². The maximum Gasteiger partial charge on any atom is 0.280 e. The molecule has 2 aromatic rings. The zero-order chi connectivity index (χ0) is 23.4. The first-order valence-electron chi connectivity index (χ1n) is 10.4. The van der Waals surface area contributed by atoms with Gasteiger partial charge in [-0.15, -0.1) is 0 Å². The number of anilines is 1. The van der Waals surface area contributed by atoms with Crippen LogP contribution in [0.2, 0.25) is 0 Å². The summed E-state index contributed by atoms with van der Waals surface area (Å²) >= 11 is 0.680. The Bertz CT molecular complexity index is 1110. The standard InChI is InChI=1S/C20H24FN5O5S2/c1-25-7-9-26(10-8-25)33(28,29)16-4-2-14(3-5-16)18(24-31-15-6-11-30-13-15)19(27)23-20-22-12-17(21)32-20/h2-5,12,15H,6-11,13H2,1H3,(H,22,23,27)/t15-/m1/s1. The van der Waals surface area contributed by atoms with Crippen LogP contribution in [0.3, 0.4) is 0 Å². The van der Waals surface area contributed by atoms with Gasteiger partial charge in [0.1, 0.15) is 0 Å². The highest BCUT2D eigenvalue weighted by Gasteiger charge is 2.28. The average Bonchev–Trinajstić information content (AvgIpc) is 3.46. The number of nitrogens with zero attached hydrogens (tertiary/aromatic N) is 4. The molecule has 1 aromatic heterocycles. The van der Waals surface area contributed by atoms with Crippen LogP contribution >= 0.6 is 11.3 Å². The molecule has 2 aliphatic rings. The number of hydrogen-bond acceptors (Lipinski definition) is 9. The summed E-state index contributed by atoms with van der Waals surface area (Å²) in [5.41, 5.74) is 0.266. The summed E-state index contributed by atoms with van der Waals surface area (Å²) in [5.74, 6) is -0.655. The zero-order valence-corrected chi connectivity index (χ0v) is 19.6. The van der Waals surface area contributed by atoms with Crippen molar-refractivity contribution < 1.29 is 27.2 Å². The molecule has 0 aliphatic carbocycles. The molecule has 10 nitrogen and oxygen atoms in total. The molecule has 2 fully saturated rings. The molecule has 1 atom stereocenters. The highest BCUT2D eigenvalue weighted by Crippen LogP contribution is 2.20. The van der Waals surface area contributed by atoms with Crippen LogP contribution < -0.4 is 5.32 Å². The Labute approximate surface area is 195 Å². The number of oxime groups is 1. The lowest BCUT2D eigenvalue weighted by Gasteiger charge is -2.31. The number of ether oxygens (including phenoxy) is 1. The molecule has 1 N–H and O–H groups in total. The van der Waals surface area contributed by atoms with Gasteiger partial charge in [-0.3, -0.25) is 10.1 Å². The van der Waals surface area contributed by atoms with E-state index in [1.165, 1.54) is 28.6 Å². The van der Waals surface area contributed by atoms with Gasteiger partial charge < -0.3 is 14.5 Å². The first-order valence-corrected chi connectivity index (χ1v) is 12.6. The van der Waals surface area contributed by atoms with Crippen molar-refractivity contribution in [2.24, 2.45) is 5.16 Å². The number of halogens is 1. The Hall–Kier alpha value is -2.45. The van der Waals surface area contributed by atoms with Crippen LogP contribution in [-0.2, 0) is 24.4 Å². The van der Waals surface area contributed by atoms with Crippen molar-refractivity contribution in [2.75, 3.05) is 51.8 Å². The van der Waals surface area contributed by atoms with Crippen LogP contribution in [0.5, 0.6) is 0 Å². The van der Waals surface area contributed by atoms with Crippen molar-refractivity contribution in [3.8, 4) is 0 Å². The van der Waals surface area contributed by atoms with E-state index in [1.54, 1.807) is 0 Å². The van der Waals surface area contributed by atoms with Gasteiger partial charge in [-0.2, -0.15) is 8.70 Å². The summed E-state index contributed by atoms with van der Waals surface area (Å²) < 4.78 is 45.9. The number of amides is 1. The van der Waals surface area contributed by atoms with E-state index in [2.05, 4.69) is 20.4 Å².